The Kier molecular flexibility index (Phi) is 6.63. The van der Waals surface area contributed by atoms with Crippen LogP contribution in [0, 0.1) is 0 Å². The lowest BCUT2D eigenvalue weighted by atomic mass is 10.1. The van der Waals surface area contributed by atoms with E-state index in [1.807, 2.05) is 4.74 Å². The lowest BCUT2D eigenvalue weighted by molar-refractivity contribution is -0.583. The monoisotopic (exact) mass is 605 g/mol. The van der Waals surface area contributed by atoms with Crippen LogP contribution in [0.4, 0.5) is 52.7 Å². The van der Waals surface area contributed by atoms with E-state index >= 15 is 0 Å². The molecule has 1 unspecified atom stereocenters. The van der Waals surface area contributed by atoms with Crippen LogP contribution in [0.5, 0.6) is 5.75 Å². The lowest BCUT2D eigenvalue weighted by Crippen LogP contribution is -2.82. The molecule has 2 aromatic carbocycles. The van der Waals surface area contributed by atoms with E-state index in [1.54, 1.807) is 24.3 Å². The summed E-state index contributed by atoms with van der Waals surface area (Å²) in [5, 5.41) is 0. The third kappa shape index (κ3) is 4.30. The van der Waals surface area contributed by atoms with Crippen molar-refractivity contribution >= 4 is 21.9 Å². The van der Waals surface area contributed by atoms with E-state index in [0.717, 1.165) is 12.1 Å². The minimum atomic E-state index is -7.22. The molecule has 2 aromatic rings. The molecule has 1 aliphatic heterocycles. The second-order valence-electron chi connectivity index (χ2n) is 7.09. The van der Waals surface area contributed by atoms with Crippen LogP contribution in [0.25, 0.3) is 11.1 Å². The van der Waals surface area contributed by atoms with Crippen LogP contribution in [0.3, 0.4) is 0 Å². The Hall–Kier alpha value is -2.53. The molecule has 1 saturated heterocycles. The first-order valence-corrected chi connectivity index (χ1v) is 9.83. The number of hydrogen-bond acceptors (Lipinski definition) is 4. The van der Waals surface area contributed by atoms with Gasteiger partial charge in [-0.15, -0.1) is 4.90 Å². The number of carbonyl (C=O) groups excluding carboxylic acids is 1. The largest absolute Gasteiger partial charge is 0.448 e. The fraction of sp³-hybridized carbons (Fsp3) is 0.316. The maximum absolute atomic E-state index is 15.0. The maximum Gasteiger partial charge on any atom is 0.448 e. The van der Waals surface area contributed by atoms with Crippen LogP contribution < -0.4 is 4.74 Å². The number of rotatable bonds is 4. The minimum Gasteiger partial charge on any atom is -0.423 e. The number of alkyl halides is 12. The number of hydrogen-bond donors (Lipinski definition) is 0. The van der Waals surface area contributed by atoms with Gasteiger partial charge in [0, 0.05) is 4.47 Å². The van der Waals surface area contributed by atoms with E-state index in [-0.39, 0.29) is 0 Å². The van der Waals surface area contributed by atoms with Crippen molar-refractivity contribution in [3.63, 3.8) is 0 Å². The highest BCUT2D eigenvalue weighted by molar-refractivity contribution is 9.10. The summed E-state index contributed by atoms with van der Waals surface area (Å²) >= 11 is 3.16. The molecule has 0 radical (unpaired) electrons. The van der Waals surface area contributed by atoms with Crippen LogP contribution in [0.15, 0.2) is 53.0 Å². The zero-order chi connectivity index (χ0) is 27.5. The summed E-state index contributed by atoms with van der Waals surface area (Å²) in [6.45, 7) is 0. The molecule has 0 bridgehead atoms. The summed E-state index contributed by atoms with van der Waals surface area (Å²) in [4.78, 5) is 8.42. The SMILES string of the molecule is O=C(Oc1ccc(-c2ccc(Br)cc2)cc1)C(F)(N1C(F)(F)C(F)(F)OC(F)(F)C1(F)F)C(F)(F)F. The fourth-order valence-corrected chi connectivity index (χ4v) is 3.24. The zero-order valence-corrected chi connectivity index (χ0v) is 18.3. The molecule has 1 aliphatic rings. The average molecular weight is 606 g/mol. The molecule has 198 valence electrons. The van der Waals surface area contributed by atoms with Crippen molar-refractivity contribution in [3.05, 3.63) is 53.0 Å². The first kappa shape index (κ1) is 28.0. The molecule has 0 N–H and O–H groups in total. The third-order valence-electron chi connectivity index (χ3n) is 4.72. The highest BCUT2D eigenvalue weighted by Gasteiger charge is 2.91. The van der Waals surface area contributed by atoms with Crippen molar-refractivity contribution in [3.8, 4) is 16.9 Å². The molecule has 1 heterocycles. The van der Waals surface area contributed by atoms with E-state index in [9.17, 15) is 57.5 Å². The number of benzene rings is 2. The van der Waals surface area contributed by atoms with Gasteiger partial charge in [-0.25, -0.2) is 13.9 Å². The van der Waals surface area contributed by atoms with Crippen LogP contribution in [-0.4, -0.2) is 47.1 Å². The quantitative estimate of drug-likeness (QED) is 0.164. The summed E-state index contributed by atoms with van der Waals surface area (Å²) in [6.07, 6.45) is -20.8. The highest BCUT2D eigenvalue weighted by atomic mass is 79.9. The normalized spacial score (nSPS) is 22.5. The molecular formula is C19H8BrF12NO3. The van der Waals surface area contributed by atoms with Crippen LogP contribution in [0.1, 0.15) is 0 Å². The van der Waals surface area contributed by atoms with Crippen LogP contribution in [-0.2, 0) is 9.53 Å². The van der Waals surface area contributed by atoms with E-state index in [1.165, 1.54) is 0 Å². The Labute approximate surface area is 200 Å². The Morgan fingerprint density at radius 1 is 0.750 bits per heavy atom. The van der Waals surface area contributed by atoms with E-state index in [4.69, 9.17) is 0 Å². The molecule has 0 spiro atoms. The van der Waals surface area contributed by atoms with Gasteiger partial charge in [0.05, 0.1) is 0 Å². The molecule has 0 saturated carbocycles. The molecule has 4 nitrogen and oxygen atoms in total. The van der Waals surface area contributed by atoms with E-state index < -0.39 is 52.9 Å². The van der Waals surface area contributed by atoms with Gasteiger partial charge in [0.25, 0.3) is 0 Å². The summed E-state index contributed by atoms with van der Waals surface area (Å²) in [5.41, 5.74) is 0.804. The second-order valence-corrected chi connectivity index (χ2v) is 8.01. The van der Waals surface area contributed by atoms with Crippen LogP contribution in [0.2, 0.25) is 0 Å². The van der Waals surface area contributed by atoms with Gasteiger partial charge >= 0.3 is 42.2 Å². The Balaban J connectivity index is 2.05. The molecule has 0 aromatic heterocycles. The Bertz CT molecular complexity index is 1110. The summed E-state index contributed by atoms with van der Waals surface area (Å²) in [7, 11) is 0. The van der Waals surface area contributed by atoms with Gasteiger partial charge in [-0.1, -0.05) is 40.2 Å². The zero-order valence-electron chi connectivity index (χ0n) is 16.7. The number of ether oxygens (including phenoxy) is 2. The molecule has 36 heavy (non-hydrogen) atoms. The van der Waals surface area contributed by atoms with Gasteiger partial charge in [0.2, 0.25) is 0 Å². The van der Waals surface area contributed by atoms with E-state index in [2.05, 4.69) is 20.7 Å². The van der Waals surface area contributed by atoms with Gasteiger partial charge in [-0.3, -0.25) is 0 Å². The summed E-state index contributed by atoms with van der Waals surface area (Å²) in [5.74, 6) is -11.7. The molecule has 3 rings (SSSR count). The topological polar surface area (TPSA) is 38.8 Å². The maximum atomic E-state index is 15.0. The predicted octanol–water partition coefficient (Wildman–Crippen LogP) is 6.95. The minimum absolute atomic E-state index is 0.315. The molecule has 1 fully saturated rings. The van der Waals surface area contributed by atoms with Crippen molar-refractivity contribution in [1.82, 2.24) is 4.90 Å². The van der Waals surface area contributed by atoms with Crippen molar-refractivity contribution in [2.45, 2.75) is 36.3 Å². The predicted molar refractivity (Wildman–Crippen MR) is 97.8 cm³/mol. The van der Waals surface area contributed by atoms with Crippen molar-refractivity contribution in [2.24, 2.45) is 0 Å². The smallest absolute Gasteiger partial charge is 0.423 e. The van der Waals surface area contributed by atoms with Gasteiger partial charge in [0.15, 0.2) is 0 Å². The van der Waals surface area contributed by atoms with Crippen LogP contribution >= 0.6 is 15.9 Å². The Morgan fingerprint density at radius 2 is 1.14 bits per heavy atom. The van der Waals surface area contributed by atoms with Gasteiger partial charge in [-0.05, 0) is 35.4 Å². The first-order valence-electron chi connectivity index (χ1n) is 9.04. The summed E-state index contributed by atoms with van der Waals surface area (Å²) in [6, 6.07) is -4.56. The second kappa shape index (κ2) is 8.51. The number of halogens is 13. The number of esters is 1. The number of morpholine rings is 1. The average Bonchev–Trinajstić information content (AvgIpc) is 2.72. The molecule has 0 amide bonds. The van der Waals surface area contributed by atoms with Crippen molar-refractivity contribution < 1.29 is 67.0 Å². The molecular weight excluding hydrogens is 598 g/mol. The van der Waals surface area contributed by atoms with Crippen molar-refractivity contribution in [1.29, 1.82) is 0 Å². The molecule has 17 heteroatoms. The van der Waals surface area contributed by atoms with E-state index in [0.29, 0.717) is 27.7 Å². The number of carbonyl (C=O) groups is 1. The van der Waals surface area contributed by atoms with Gasteiger partial charge in [0.1, 0.15) is 5.75 Å². The first-order chi connectivity index (χ1) is 16.2. The molecule has 0 aliphatic carbocycles. The Morgan fingerprint density at radius 3 is 1.53 bits per heavy atom. The third-order valence-corrected chi connectivity index (χ3v) is 5.24. The highest BCUT2D eigenvalue weighted by Crippen LogP contribution is 2.60. The standard InChI is InChI=1S/C19H8BrF12NO3/c20-11-5-1-9(2-6-11)10-3-7-12(8-4-10)35-13(34)14(21,15(22,23)24)33-16(25,26)18(29,30)36-19(31,32)17(33,27)28/h1-8H. The van der Waals surface area contributed by atoms with Gasteiger partial charge < -0.3 is 4.74 Å². The van der Waals surface area contributed by atoms with Gasteiger partial charge in [-0.2, -0.15) is 48.3 Å². The lowest BCUT2D eigenvalue weighted by Gasteiger charge is -2.50. The molecule has 1 atom stereocenters. The number of nitrogens with zero attached hydrogens (tertiary/aromatic N) is 1. The van der Waals surface area contributed by atoms with Crippen molar-refractivity contribution in [2.75, 3.05) is 0 Å². The fourth-order valence-electron chi connectivity index (χ4n) is 2.97. The summed E-state index contributed by atoms with van der Waals surface area (Å²) < 4.78 is 171.